The molecular weight excluding hydrogens is 234 g/mol. The average Bonchev–Trinajstić information content (AvgIpc) is 2.44. The minimum absolute atomic E-state index is 0.242. The Hall–Kier alpha value is -2.15. The lowest BCUT2D eigenvalue weighted by molar-refractivity contribution is 0.182. The number of piperazine rings is 1. The van der Waals surface area contributed by atoms with Gasteiger partial charge in [0.15, 0.2) is 5.65 Å². The number of nitrogens with zero attached hydrogens (tertiary/aromatic N) is 4. The molecule has 1 aliphatic heterocycles. The van der Waals surface area contributed by atoms with Gasteiger partial charge in [-0.1, -0.05) is 0 Å². The van der Waals surface area contributed by atoms with Gasteiger partial charge in [0, 0.05) is 32.4 Å². The van der Waals surface area contributed by atoms with Crippen molar-refractivity contribution in [2.75, 3.05) is 31.1 Å². The van der Waals surface area contributed by atoms with Crippen molar-refractivity contribution in [3.05, 3.63) is 28.8 Å². The van der Waals surface area contributed by atoms with Gasteiger partial charge in [0.1, 0.15) is 5.82 Å². The number of hydrogen-bond donors (Lipinski definition) is 2. The van der Waals surface area contributed by atoms with Crippen molar-refractivity contribution >= 4 is 16.9 Å². The van der Waals surface area contributed by atoms with E-state index >= 15 is 0 Å². The molecular formula is C11H13N5O2. The number of anilines is 1. The number of hydrogen-bond acceptors (Lipinski definition) is 6. The van der Waals surface area contributed by atoms with E-state index in [1.807, 2.05) is 4.90 Å². The van der Waals surface area contributed by atoms with Gasteiger partial charge in [0.25, 0.3) is 0 Å². The van der Waals surface area contributed by atoms with Crippen LogP contribution in [0.3, 0.4) is 0 Å². The molecule has 0 atom stereocenters. The first-order chi connectivity index (χ1) is 8.77. The molecule has 1 saturated heterocycles. The third-order valence-electron chi connectivity index (χ3n) is 3.03. The van der Waals surface area contributed by atoms with Gasteiger partial charge < -0.3 is 15.4 Å². The summed E-state index contributed by atoms with van der Waals surface area (Å²) in [5.74, 6) is 0.592. The molecule has 3 rings (SSSR count). The Kier molecular flexibility index (Phi) is 2.60. The normalized spacial score (nSPS) is 16.1. The van der Waals surface area contributed by atoms with E-state index in [9.17, 15) is 10.0 Å². The Morgan fingerprint density at radius 2 is 2.11 bits per heavy atom. The summed E-state index contributed by atoms with van der Waals surface area (Å²) in [5.41, 5.74) is -0.458. The average molecular weight is 247 g/mol. The minimum atomic E-state index is -0.699. The van der Waals surface area contributed by atoms with Gasteiger partial charge in [-0.2, -0.15) is 4.98 Å². The molecule has 7 heteroatoms. The Morgan fingerprint density at radius 1 is 1.33 bits per heavy atom. The van der Waals surface area contributed by atoms with E-state index in [0.717, 1.165) is 26.2 Å². The second kappa shape index (κ2) is 4.26. The maximum Gasteiger partial charge on any atom is 0.384 e. The molecule has 2 aromatic heterocycles. The van der Waals surface area contributed by atoms with Crippen LogP contribution in [0, 0.1) is 0 Å². The summed E-state index contributed by atoms with van der Waals surface area (Å²) in [6.45, 7) is 3.27. The van der Waals surface area contributed by atoms with Gasteiger partial charge in [-0.15, -0.1) is 4.73 Å². The number of rotatable bonds is 1. The van der Waals surface area contributed by atoms with Crippen molar-refractivity contribution in [1.29, 1.82) is 0 Å². The highest BCUT2D eigenvalue weighted by Gasteiger charge is 2.18. The van der Waals surface area contributed by atoms with E-state index in [1.54, 1.807) is 12.1 Å². The molecule has 0 bridgehead atoms. The van der Waals surface area contributed by atoms with Crippen molar-refractivity contribution in [3.63, 3.8) is 0 Å². The van der Waals surface area contributed by atoms with Crippen LogP contribution in [0.4, 0.5) is 5.82 Å². The quantitative estimate of drug-likeness (QED) is 0.657. The van der Waals surface area contributed by atoms with E-state index in [2.05, 4.69) is 15.3 Å². The molecule has 18 heavy (non-hydrogen) atoms. The monoisotopic (exact) mass is 247 g/mol. The van der Waals surface area contributed by atoms with Crippen molar-refractivity contribution in [2.24, 2.45) is 0 Å². The molecule has 0 aromatic carbocycles. The molecule has 0 saturated carbocycles. The summed E-state index contributed by atoms with van der Waals surface area (Å²) in [4.78, 5) is 21.6. The van der Waals surface area contributed by atoms with Gasteiger partial charge in [0.2, 0.25) is 0 Å². The van der Waals surface area contributed by atoms with Crippen molar-refractivity contribution in [3.8, 4) is 0 Å². The standard InChI is InChI=1S/C11H13N5O2/c17-11-14-10(15-6-4-12-5-7-15)8-2-1-3-13-9(8)16(11)18/h1-3,12,18H,4-7H2. The fourth-order valence-corrected chi connectivity index (χ4v) is 2.15. The first-order valence-electron chi connectivity index (χ1n) is 5.80. The maximum atomic E-state index is 11.6. The van der Waals surface area contributed by atoms with Crippen LogP contribution in [-0.4, -0.2) is 46.1 Å². The second-order valence-electron chi connectivity index (χ2n) is 4.14. The highest BCUT2D eigenvalue weighted by atomic mass is 16.5. The maximum absolute atomic E-state index is 11.6. The summed E-state index contributed by atoms with van der Waals surface area (Å²) in [7, 11) is 0. The molecule has 1 fully saturated rings. The smallest absolute Gasteiger partial charge is 0.384 e. The minimum Gasteiger partial charge on any atom is -0.422 e. The molecule has 2 N–H and O–H groups in total. The van der Waals surface area contributed by atoms with E-state index < -0.39 is 5.69 Å². The van der Waals surface area contributed by atoms with Gasteiger partial charge in [-0.3, -0.25) is 0 Å². The van der Waals surface area contributed by atoms with Crippen molar-refractivity contribution < 1.29 is 5.21 Å². The first-order valence-corrected chi connectivity index (χ1v) is 5.80. The van der Waals surface area contributed by atoms with Gasteiger partial charge in [-0.05, 0) is 12.1 Å². The lowest BCUT2D eigenvalue weighted by Gasteiger charge is -2.28. The zero-order valence-corrected chi connectivity index (χ0v) is 9.70. The van der Waals surface area contributed by atoms with Gasteiger partial charge in [-0.25, -0.2) is 9.78 Å². The van der Waals surface area contributed by atoms with E-state index in [1.165, 1.54) is 6.20 Å². The molecule has 0 spiro atoms. The molecule has 2 aromatic rings. The fraction of sp³-hybridized carbons (Fsp3) is 0.364. The summed E-state index contributed by atoms with van der Waals surface area (Å²) in [5, 5.41) is 13.6. The number of nitrogens with one attached hydrogen (secondary N) is 1. The Balaban J connectivity index is 2.22. The largest absolute Gasteiger partial charge is 0.422 e. The van der Waals surface area contributed by atoms with E-state index in [0.29, 0.717) is 15.9 Å². The summed E-state index contributed by atoms with van der Waals surface area (Å²) < 4.78 is 0.487. The number of fused-ring (bicyclic) bond motifs is 1. The Labute approximate surface area is 103 Å². The van der Waals surface area contributed by atoms with Crippen LogP contribution in [0.5, 0.6) is 0 Å². The third-order valence-corrected chi connectivity index (χ3v) is 3.03. The van der Waals surface area contributed by atoms with Gasteiger partial charge >= 0.3 is 5.69 Å². The van der Waals surface area contributed by atoms with E-state index in [-0.39, 0.29) is 5.65 Å². The zero-order chi connectivity index (χ0) is 12.5. The third kappa shape index (κ3) is 1.68. The SMILES string of the molecule is O=c1nc(N2CCNCC2)c2cccnc2n1O. The zero-order valence-electron chi connectivity index (χ0n) is 9.70. The second-order valence-corrected chi connectivity index (χ2v) is 4.14. The number of aromatic nitrogens is 3. The molecule has 0 aliphatic carbocycles. The molecule has 3 heterocycles. The van der Waals surface area contributed by atoms with Crippen LogP contribution >= 0.6 is 0 Å². The molecule has 94 valence electrons. The summed E-state index contributed by atoms with van der Waals surface area (Å²) in [6, 6.07) is 3.57. The summed E-state index contributed by atoms with van der Waals surface area (Å²) in [6.07, 6.45) is 1.54. The van der Waals surface area contributed by atoms with Crippen LogP contribution in [0.1, 0.15) is 0 Å². The van der Waals surface area contributed by atoms with Crippen molar-refractivity contribution in [1.82, 2.24) is 20.0 Å². The van der Waals surface area contributed by atoms with E-state index in [4.69, 9.17) is 0 Å². The Bertz CT molecular complexity index is 633. The predicted octanol–water partition coefficient (Wildman–Crippen LogP) is -0.562. The number of pyridine rings is 1. The van der Waals surface area contributed by atoms with Crippen LogP contribution in [-0.2, 0) is 0 Å². The van der Waals surface area contributed by atoms with Crippen molar-refractivity contribution in [2.45, 2.75) is 0 Å². The highest BCUT2D eigenvalue weighted by molar-refractivity contribution is 5.86. The molecule has 0 amide bonds. The molecule has 0 radical (unpaired) electrons. The van der Waals surface area contributed by atoms with Crippen LogP contribution in [0.15, 0.2) is 23.1 Å². The lowest BCUT2D eigenvalue weighted by Crippen LogP contribution is -2.44. The lowest BCUT2D eigenvalue weighted by atomic mass is 10.2. The topological polar surface area (TPSA) is 83.3 Å². The molecule has 0 unspecified atom stereocenters. The predicted molar refractivity (Wildman–Crippen MR) is 66.1 cm³/mol. The molecule has 7 nitrogen and oxygen atoms in total. The first kappa shape index (κ1) is 11.0. The fourth-order valence-electron chi connectivity index (χ4n) is 2.15. The summed E-state index contributed by atoms with van der Waals surface area (Å²) >= 11 is 0. The van der Waals surface area contributed by atoms with Crippen LogP contribution in [0.25, 0.3) is 11.0 Å². The van der Waals surface area contributed by atoms with Crippen LogP contribution < -0.4 is 15.9 Å². The highest BCUT2D eigenvalue weighted by Crippen LogP contribution is 2.20. The van der Waals surface area contributed by atoms with Gasteiger partial charge in [0.05, 0.1) is 5.39 Å². The molecule has 1 aliphatic rings. The van der Waals surface area contributed by atoms with Crippen LogP contribution in [0.2, 0.25) is 0 Å². The Morgan fingerprint density at radius 3 is 2.89 bits per heavy atom.